The zero-order chi connectivity index (χ0) is 28.8. The van der Waals surface area contributed by atoms with E-state index in [9.17, 15) is 27.2 Å². The smallest absolute Gasteiger partial charge is 0.406 e. The maximum absolute atomic E-state index is 13.4. The van der Waals surface area contributed by atoms with Crippen molar-refractivity contribution in [1.29, 1.82) is 0 Å². The third-order valence-electron chi connectivity index (χ3n) is 6.44. The van der Waals surface area contributed by atoms with Crippen LogP contribution < -0.4 is 4.74 Å². The summed E-state index contributed by atoms with van der Waals surface area (Å²) >= 11 is 0. The molecule has 1 aliphatic rings. The highest BCUT2D eigenvalue weighted by molar-refractivity contribution is 5.96. The number of nitrogens with zero attached hydrogens (tertiary/aromatic N) is 7. The third kappa shape index (κ3) is 5.24. The van der Waals surface area contributed by atoms with E-state index in [1.54, 1.807) is 38.8 Å². The Morgan fingerprint density at radius 1 is 1.15 bits per heavy atom. The minimum Gasteiger partial charge on any atom is -0.406 e. The first-order chi connectivity index (χ1) is 18.9. The molecule has 1 aromatic carbocycles. The van der Waals surface area contributed by atoms with Crippen molar-refractivity contribution in [3.05, 3.63) is 67.0 Å². The number of likely N-dealkylation sites (N-methyl/N-ethyl adjacent to an activating group) is 1. The van der Waals surface area contributed by atoms with E-state index in [1.165, 1.54) is 43.4 Å². The molecule has 14 heteroatoms. The van der Waals surface area contributed by atoms with Gasteiger partial charge < -0.3 is 14.5 Å². The summed E-state index contributed by atoms with van der Waals surface area (Å²) in [6.07, 6.45) is 0.0480. The number of carbonyl (C=O) groups is 2. The molecule has 0 atom stereocenters. The quantitative estimate of drug-likeness (QED) is 0.254. The monoisotopic (exact) mass is 557 g/mol. The zero-order valence-electron chi connectivity index (χ0n) is 21.4. The van der Waals surface area contributed by atoms with E-state index in [0.29, 0.717) is 33.5 Å². The molecule has 0 radical (unpaired) electrons. The molecule has 1 saturated heterocycles. The summed E-state index contributed by atoms with van der Waals surface area (Å²) in [7, 11) is 3.29. The average Bonchev–Trinajstić information content (AvgIpc) is 3.47. The van der Waals surface area contributed by atoms with Crippen LogP contribution in [-0.4, -0.2) is 79.7 Å². The summed E-state index contributed by atoms with van der Waals surface area (Å²) in [6.45, 7) is 3.48. The van der Waals surface area contributed by atoms with Gasteiger partial charge in [-0.05, 0) is 35.9 Å². The van der Waals surface area contributed by atoms with Crippen LogP contribution in [0.25, 0.3) is 27.8 Å². The summed E-state index contributed by atoms with van der Waals surface area (Å²) in [5.74, 6) is -2.66. The normalized spacial score (nSPS) is 13.8. The Labute approximate surface area is 225 Å². The Kier molecular flexibility index (Phi) is 6.77. The maximum atomic E-state index is 13.4. The lowest BCUT2D eigenvalue weighted by Crippen LogP contribution is -2.48. The van der Waals surface area contributed by atoms with Gasteiger partial charge in [0.2, 0.25) is 5.91 Å². The molecule has 2 amide bonds. The molecule has 1 aliphatic heterocycles. The van der Waals surface area contributed by atoms with Gasteiger partial charge >= 0.3 is 6.36 Å². The van der Waals surface area contributed by atoms with Gasteiger partial charge in [-0.2, -0.15) is 10.2 Å². The van der Waals surface area contributed by atoms with Crippen LogP contribution in [0, 0.1) is 0 Å². The van der Waals surface area contributed by atoms with Crippen LogP contribution in [0.1, 0.15) is 11.6 Å². The van der Waals surface area contributed by atoms with Gasteiger partial charge in [-0.1, -0.05) is 6.58 Å². The van der Waals surface area contributed by atoms with Crippen molar-refractivity contribution in [3.8, 4) is 22.6 Å². The van der Waals surface area contributed by atoms with Crippen molar-refractivity contribution in [1.82, 2.24) is 34.3 Å². The molecular formula is C26H23F4N7O3. The summed E-state index contributed by atoms with van der Waals surface area (Å²) < 4.78 is 58.3. The predicted octanol–water partition coefficient (Wildman–Crippen LogP) is 3.68. The molecule has 0 N–H and O–H groups in total. The number of amides is 2. The van der Waals surface area contributed by atoms with E-state index in [1.807, 2.05) is 0 Å². The van der Waals surface area contributed by atoms with Crippen LogP contribution in [0.4, 0.5) is 17.6 Å². The van der Waals surface area contributed by atoms with Gasteiger partial charge in [-0.25, -0.2) is 14.1 Å². The number of rotatable bonds is 7. The number of pyridine rings is 1. The molecule has 1 fully saturated rings. The highest BCUT2D eigenvalue weighted by Crippen LogP contribution is 2.38. The minimum absolute atomic E-state index is 0.0342. The van der Waals surface area contributed by atoms with Crippen LogP contribution >= 0.6 is 0 Å². The lowest BCUT2D eigenvalue weighted by molar-refractivity contribution is -0.274. The lowest BCUT2D eigenvalue weighted by atomic mass is 9.92. The zero-order valence-corrected chi connectivity index (χ0v) is 21.4. The number of halogens is 4. The number of hydrogen-bond acceptors (Lipinski definition) is 6. The van der Waals surface area contributed by atoms with Crippen LogP contribution in [-0.2, 0) is 16.1 Å². The second-order valence-electron chi connectivity index (χ2n) is 9.42. The van der Waals surface area contributed by atoms with Crippen LogP contribution in [0.5, 0.6) is 5.75 Å². The number of fused-ring (bicyclic) bond motifs is 1. The van der Waals surface area contributed by atoms with Crippen molar-refractivity contribution < 1.29 is 31.9 Å². The van der Waals surface area contributed by atoms with Crippen molar-refractivity contribution in [2.75, 3.05) is 27.2 Å². The Hall–Kier alpha value is -4.75. The topological polar surface area (TPSA) is 98.4 Å². The van der Waals surface area contributed by atoms with Crippen LogP contribution in [0.3, 0.4) is 0 Å². The molecular weight excluding hydrogens is 534 g/mol. The molecule has 0 unspecified atom stereocenters. The van der Waals surface area contributed by atoms with Crippen molar-refractivity contribution >= 4 is 22.8 Å². The summed E-state index contributed by atoms with van der Waals surface area (Å²) in [6, 6.07) is 6.93. The fourth-order valence-corrected chi connectivity index (χ4v) is 4.42. The molecule has 10 nitrogen and oxygen atoms in total. The highest BCUT2D eigenvalue weighted by atomic mass is 19.4. The fraction of sp³-hybridized carbons (Fsp3) is 0.269. The van der Waals surface area contributed by atoms with E-state index in [4.69, 9.17) is 5.10 Å². The average molecular weight is 558 g/mol. The highest BCUT2D eigenvalue weighted by Gasteiger charge is 2.37. The number of ether oxygens (including phenoxy) is 1. The second-order valence-corrected chi connectivity index (χ2v) is 9.42. The summed E-state index contributed by atoms with van der Waals surface area (Å²) in [5, 5.41) is 9.67. The molecule has 208 valence electrons. The Balaban J connectivity index is 1.57. The number of hydrogen-bond donors (Lipinski definition) is 0. The van der Waals surface area contributed by atoms with Gasteiger partial charge in [0, 0.05) is 51.1 Å². The first-order valence-corrected chi connectivity index (χ1v) is 12.0. The van der Waals surface area contributed by atoms with Gasteiger partial charge in [-0.15, -0.1) is 13.2 Å². The summed E-state index contributed by atoms with van der Waals surface area (Å²) in [4.78, 5) is 31.4. The molecule has 0 bridgehead atoms. The number of carbonyl (C=O) groups excluding carboxylic acids is 2. The molecule has 4 aromatic rings. The Morgan fingerprint density at radius 3 is 2.48 bits per heavy atom. The molecule has 3 aromatic heterocycles. The maximum Gasteiger partial charge on any atom is 0.573 e. The van der Waals surface area contributed by atoms with E-state index in [0.717, 1.165) is 0 Å². The lowest BCUT2D eigenvalue weighted by Gasteiger charge is -2.38. The third-order valence-corrected chi connectivity index (χ3v) is 6.44. The number of benzene rings is 1. The molecule has 5 rings (SSSR count). The van der Waals surface area contributed by atoms with Crippen LogP contribution in [0.15, 0.2) is 61.3 Å². The van der Waals surface area contributed by atoms with E-state index in [2.05, 4.69) is 21.4 Å². The number of alkyl halides is 3. The molecule has 4 heterocycles. The van der Waals surface area contributed by atoms with E-state index >= 15 is 0 Å². The first-order valence-electron chi connectivity index (χ1n) is 12.0. The van der Waals surface area contributed by atoms with Gasteiger partial charge in [-0.3, -0.25) is 14.3 Å². The summed E-state index contributed by atoms with van der Waals surface area (Å²) in [5.41, 5.74) is 2.78. The van der Waals surface area contributed by atoms with Crippen molar-refractivity contribution in [2.24, 2.45) is 0 Å². The molecule has 0 aliphatic carbocycles. The van der Waals surface area contributed by atoms with E-state index < -0.39 is 18.1 Å². The van der Waals surface area contributed by atoms with Gasteiger partial charge in [0.05, 0.1) is 23.0 Å². The van der Waals surface area contributed by atoms with Crippen molar-refractivity contribution in [2.45, 2.75) is 18.8 Å². The standard InChI is InChI=1S/C26H23F4N7O3/c1-15(27)25(39)35-11-17(12-35)23-22-20(16-10-32-36(13-16)14-21(38)34(2)3)8-9-31-24(22)37(33-23)18-4-6-19(7-5-18)40-26(28,29)30/h4-10,13,17H,1,11-12,14H2,2-3H3. The number of likely N-dealkylation sites (tertiary alicyclic amines) is 1. The SMILES string of the molecule is C=C(F)C(=O)N1CC(c2nn(-c3ccc(OC(F)(F)F)cc3)c3nccc(-c4cnn(CC(=O)N(C)C)c4)c23)C1. The molecule has 0 spiro atoms. The van der Waals surface area contributed by atoms with Gasteiger partial charge in [0.25, 0.3) is 5.91 Å². The molecule has 40 heavy (non-hydrogen) atoms. The fourth-order valence-electron chi connectivity index (χ4n) is 4.42. The van der Waals surface area contributed by atoms with Crippen molar-refractivity contribution in [3.63, 3.8) is 0 Å². The number of aromatic nitrogens is 5. The van der Waals surface area contributed by atoms with Crippen LogP contribution in [0.2, 0.25) is 0 Å². The largest absolute Gasteiger partial charge is 0.573 e. The predicted molar refractivity (Wildman–Crippen MR) is 135 cm³/mol. The van der Waals surface area contributed by atoms with Gasteiger partial charge in [0.1, 0.15) is 12.3 Å². The minimum atomic E-state index is -4.83. The molecule has 0 saturated carbocycles. The second kappa shape index (κ2) is 10.1. The Morgan fingerprint density at radius 2 is 1.85 bits per heavy atom. The van der Waals surface area contributed by atoms with Gasteiger partial charge in [0.15, 0.2) is 11.5 Å². The first kappa shape index (κ1) is 26.8. The van der Waals surface area contributed by atoms with E-state index in [-0.39, 0.29) is 37.2 Å². The Bertz CT molecular complexity index is 1600.